The van der Waals surface area contributed by atoms with Crippen molar-refractivity contribution in [1.82, 2.24) is 0 Å². The van der Waals surface area contributed by atoms with Gasteiger partial charge < -0.3 is 10.2 Å². The zero-order valence-electron chi connectivity index (χ0n) is 11.5. The Morgan fingerprint density at radius 3 is 2.63 bits per heavy atom. The first-order valence-corrected chi connectivity index (χ1v) is 6.57. The van der Waals surface area contributed by atoms with Crippen molar-refractivity contribution in [3.05, 3.63) is 23.3 Å². The zero-order chi connectivity index (χ0) is 14.4. The molecule has 0 aliphatic heterocycles. The standard InChI is InChI=1S/C15H20O4/c1-8-4-5-10-9(2)6-12(16)14(19)15(10,3)11(8)7-13(17)18/h4,6,10-11,14,19H,5,7H2,1-3H3,(H,17,18)/t10-,11+,14+,15-/m0/s1. The van der Waals surface area contributed by atoms with Crippen LogP contribution in [0.5, 0.6) is 0 Å². The van der Waals surface area contributed by atoms with Crippen molar-refractivity contribution >= 4 is 11.8 Å². The number of hydrogen-bond acceptors (Lipinski definition) is 3. The van der Waals surface area contributed by atoms with E-state index in [0.29, 0.717) is 0 Å². The summed E-state index contributed by atoms with van der Waals surface area (Å²) < 4.78 is 0. The highest BCUT2D eigenvalue weighted by atomic mass is 16.4. The van der Waals surface area contributed by atoms with Gasteiger partial charge in [-0.1, -0.05) is 24.1 Å². The van der Waals surface area contributed by atoms with Crippen molar-refractivity contribution in [3.8, 4) is 0 Å². The third-order valence-electron chi connectivity index (χ3n) is 4.88. The van der Waals surface area contributed by atoms with Crippen molar-refractivity contribution in [2.75, 3.05) is 0 Å². The second-order valence-corrected chi connectivity index (χ2v) is 5.95. The Morgan fingerprint density at radius 2 is 2.05 bits per heavy atom. The van der Waals surface area contributed by atoms with Crippen LogP contribution in [0.4, 0.5) is 0 Å². The van der Waals surface area contributed by atoms with Gasteiger partial charge in [-0.15, -0.1) is 0 Å². The second-order valence-electron chi connectivity index (χ2n) is 5.95. The molecular weight excluding hydrogens is 244 g/mol. The van der Waals surface area contributed by atoms with E-state index in [9.17, 15) is 14.7 Å². The third kappa shape index (κ3) is 2.04. The molecule has 0 fully saturated rings. The van der Waals surface area contributed by atoms with Gasteiger partial charge in [0.05, 0.1) is 6.42 Å². The zero-order valence-corrected chi connectivity index (χ0v) is 11.5. The van der Waals surface area contributed by atoms with E-state index in [4.69, 9.17) is 5.11 Å². The second kappa shape index (κ2) is 4.60. The number of carboxylic acids is 1. The predicted molar refractivity (Wildman–Crippen MR) is 70.5 cm³/mol. The van der Waals surface area contributed by atoms with Gasteiger partial charge in [-0.3, -0.25) is 9.59 Å². The lowest BCUT2D eigenvalue weighted by molar-refractivity contribution is -0.145. The Hall–Kier alpha value is -1.42. The molecule has 0 saturated carbocycles. The number of rotatable bonds is 2. The monoisotopic (exact) mass is 264 g/mol. The first kappa shape index (κ1) is 14.0. The van der Waals surface area contributed by atoms with Crippen LogP contribution < -0.4 is 0 Å². The molecule has 2 aliphatic carbocycles. The van der Waals surface area contributed by atoms with Crippen LogP contribution in [0.1, 0.15) is 33.6 Å². The molecule has 2 rings (SSSR count). The number of fused-ring (bicyclic) bond motifs is 1. The van der Waals surface area contributed by atoms with Crippen molar-refractivity contribution in [2.24, 2.45) is 17.3 Å². The fourth-order valence-corrected chi connectivity index (χ4v) is 3.76. The maximum Gasteiger partial charge on any atom is 0.303 e. The van der Waals surface area contributed by atoms with Crippen LogP contribution in [-0.4, -0.2) is 28.1 Å². The summed E-state index contributed by atoms with van der Waals surface area (Å²) in [5.74, 6) is -1.47. The van der Waals surface area contributed by atoms with E-state index in [-0.39, 0.29) is 24.0 Å². The number of ketones is 1. The summed E-state index contributed by atoms with van der Waals surface area (Å²) in [6.45, 7) is 5.62. The molecule has 0 aromatic heterocycles. The molecule has 0 aromatic carbocycles. The minimum Gasteiger partial charge on any atom is -0.481 e. The molecule has 0 aromatic rings. The quantitative estimate of drug-likeness (QED) is 0.747. The fraction of sp³-hybridized carbons (Fsp3) is 0.600. The van der Waals surface area contributed by atoms with Gasteiger partial charge in [0, 0.05) is 5.41 Å². The highest BCUT2D eigenvalue weighted by Crippen LogP contribution is 2.53. The molecule has 0 heterocycles. The summed E-state index contributed by atoms with van der Waals surface area (Å²) in [6, 6.07) is 0. The van der Waals surface area contributed by atoms with Crippen LogP contribution in [0.2, 0.25) is 0 Å². The van der Waals surface area contributed by atoms with Gasteiger partial charge in [0.2, 0.25) is 0 Å². The molecule has 104 valence electrons. The fourth-order valence-electron chi connectivity index (χ4n) is 3.76. The Morgan fingerprint density at radius 1 is 1.42 bits per heavy atom. The summed E-state index contributed by atoms with van der Waals surface area (Å²) in [5, 5.41) is 19.4. The lowest BCUT2D eigenvalue weighted by atomic mass is 9.53. The Balaban J connectivity index is 2.52. The highest BCUT2D eigenvalue weighted by Gasteiger charge is 2.53. The van der Waals surface area contributed by atoms with E-state index in [1.54, 1.807) is 0 Å². The molecule has 2 aliphatic rings. The average Bonchev–Trinajstić information content (AvgIpc) is 2.31. The maximum absolute atomic E-state index is 11.9. The van der Waals surface area contributed by atoms with Crippen LogP contribution in [0.15, 0.2) is 23.3 Å². The molecule has 0 radical (unpaired) electrons. The minimum atomic E-state index is -1.12. The number of allylic oxidation sites excluding steroid dienone is 3. The van der Waals surface area contributed by atoms with Crippen LogP contribution in [-0.2, 0) is 9.59 Å². The van der Waals surface area contributed by atoms with Crippen molar-refractivity contribution in [1.29, 1.82) is 0 Å². The maximum atomic E-state index is 11.9. The van der Waals surface area contributed by atoms with Gasteiger partial charge >= 0.3 is 5.97 Å². The molecule has 0 spiro atoms. The number of aliphatic hydroxyl groups is 1. The highest BCUT2D eigenvalue weighted by molar-refractivity contribution is 5.96. The first-order valence-electron chi connectivity index (χ1n) is 6.57. The normalized spacial score (nSPS) is 38.3. The molecule has 19 heavy (non-hydrogen) atoms. The molecule has 0 bridgehead atoms. The van der Waals surface area contributed by atoms with E-state index >= 15 is 0 Å². The molecule has 4 heteroatoms. The average molecular weight is 264 g/mol. The van der Waals surface area contributed by atoms with Crippen molar-refractivity contribution in [2.45, 2.75) is 39.7 Å². The number of carbonyl (C=O) groups is 2. The summed E-state index contributed by atoms with van der Waals surface area (Å²) in [6.07, 6.45) is 3.13. The first-order chi connectivity index (χ1) is 8.78. The molecule has 4 atom stereocenters. The Kier molecular flexibility index (Phi) is 3.39. The SMILES string of the molecule is CC1=CC[C@H]2C(C)=CC(=O)[C@@H](O)[C@]2(C)[C@@H]1CC(=O)O. The summed E-state index contributed by atoms with van der Waals surface area (Å²) >= 11 is 0. The molecule has 2 N–H and O–H groups in total. The summed E-state index contributed by atoms with van der Waals surface area (Å²) in [5.41, 5.74) is 1.19. The summed E-state index contributed by atoms with van der Waals surface area (Å²) in [7, 11) is 0. The lowest BCUT2D eigenvalue weighted by Crippen LogP contribution is -2.53. The Labute approximate surface area is 112 Å². The number of carboxylic acid groups (broad SMARTS) is 1. The van der Waals surface area contributed by atoms with Gasteiger partial charge in [-0.05, 0) is 38.2 Å². The number of aliphatic hydroxyl groups excluding tert-OH is 1. The van der Waals surface area contributed by atoms with E-state index in [2.05, 4.69) is 0 Å². The van der Waals surface area contributed by atoms with E-state index in [1.807, 2.05) is 26.8 Å². The third-order valence-corrected chi connectivity index (χ3v) is 4.88. The molecule has 0 amide bonds. The molecule has 0 unspecified atom stereocenters. The van der Waals surface area contributed by atoms with Crippen molar-refractivity contribution in [3.63, 3.8) is 0 Å². The van der Waals surface area contributed by atoms with Crippen LogP contribution in [0.3, 0.4) is 0 Å². The molecular formula is C15H20O4. The largest absolute Gasteiger partial charge is 0.481 e. The van der Waals surface area contributed by atoms with Gasteiger partial charge in [0.1, 0.15) is 6.10 Å². The van der Waals surface area contributed by atoms with E-state index in [1.165, 1.54) is 6.08 Å². The van der Waals surface area contributed by atoms with Gasteiger partial charge in [-0.2, -0.15) is 0 Å². The van der Waals surface area contributed by atoms with Gasteiger partial charge in [0.25, 0.3) is 0 Å². The van der Waals surface area contributed by atoms with E-state index < -0.39 is 17.5 Å². The van der Waals surface area contributed by atoms with Gasteiger partial charge in [0.15, 0.2) is 5.78 Å². The van der Waals surface area contributed by atoms with Crippen LogP contribution in [0.25, 0.3) is 0 Å². The number of carbonyl (C=O) groups excluding carboxylic acids is 1. The van der Waals surface area contributed by atoms with Crippen LogP contribution in [0, 0.1) is 17.3 Å². The predicted octanol–water partition coefficient (Wildman–Crippen LogP) is 1.94. The minimum absolute atomic E-state index is 0.0354. The lowest BCUT2D eigenvalue weighted by Gasteiger charge is -2.51. The number of aliphatic carboxylic acids is 1. The van der Waals surface area contributed by atoms with E-state index in [0.717, 1.165) is 17.6 Å². The molecule has 4 nitrogen and oxygen atoms in total. The molecule has 0 saturated heterocycles. The van der Waals surface area contributed by atoms with Crippen molar-refractivity contribution < 1.29 is 19.8 Å². The number of hydrogen-bond donors (Lipinski definition) is 2. The topological polar surface area (TPSA) is 74.6 Å². The van der Waals surface area contributed by atoms with Gasteiger partial charge in [-0.25, -0.2) is 0 Å². The smallest absolute Gasteiger partial charge is 0.303 e. The Bertz CT molecular complexity index is 488. The van der Waals surface area contributed by atoms with Crippen LogP contribution >= 0.6 is 0 Å². The summed E-state index contributed by atoms with van der Waals surface area (Å²) in [4.78, 5) is 23.0.